The molecule has 0 aromatic heterocycles. The lowest BCUT2D eigenvalue weighted by Crippen LogP contribution is -2.39. The topological polar surface area (TPSA) is 58.6 Å². The zero-order chi connectivity index (χ0) is 16.9. The summed E-state index contributed by atoms with van der Waals surface area (Å²) in [5.41, 5.74) is 0.795. The summed E-state index contributed by atoms with van der Waals surface area (Å²) in [6.07, 6.45) is 7.30. The number of nitrogens with zero attached hydrogens (tertiary/aromatic N) is 1. The summed E-state index contributed by atoms with van der Waals surface area (Å²) in [6.45, 7) is 0.449. The maximum absolute atomic E-state index is 12.6. The lowest BCUT2D eigenvalue weighted by atomic mass is 10.0. The van der Waals surface area contributed by atoms with Gasteiger partial charge in [-0.15, -0.1) is 0 Å². The maximum Gasteiger partial charge on any atom is 0.227 e. The summed E-state index contributed by atoms with van der Waals surface area (Å²) in [5, 5.41) is 3.17. The van der Waals surface area contributed by atoms with E-state index in [0.717, 1.165) is 18.5 Å². The van der Waals surface area contributed by atoms with Crippen molar-refractivity contribution in [3.63, 3.8) is 0 Å². The number of amides is 2. The first-order valence-electron chi connectivity index (χ1n) is 8.92. The first-order chi connectivity index (χ1) is 11.7. The van der Waals surface area contributed by atoms with E-state index in [2.05, 4.69) is 5.32 Å². The largest absolute Gasteiger partial charge is 0.497 e. The molecule has 1 aromatic rings. The summed E-state index contributed by atoms with van der Waals surface area (Å²) in [5.74, 6) is 0.489. The van der Waals surface area contributed by atoms with Gasteiger partial charge in [-0.3, -0.25) is 9.59 Å². The van der Waals surface area contributed by atoms with Gasteiger partial charge in [0.05, 0.1) is 13.0 Å². The Morgan fingerprint density at radius 2 is 1.96 bits per heavy atom. The molecule has 0 radical (unpaired) electrons. The van der Waals surface area contributed by atoms with E-state index in [1.165, 1.54) is 25.7 Å². The average Bonchev–Trinajstić information content (AvgIpc) is 2.81. The third-order valence-electron chi connectivity index (χ3n) is 5.06. The molecule has 1 aliphatic carbocycles. The molecule has 1 heterocycles. The zero-order valence-corrected chi connectivity index (χ0v) is 14.3. The minimum atomic E-state index is -0.257. The van der Waals surface area contributed by atoms with Crippen molar-refractivity contribution in [2.75, 3.05) is 18.6 Å². The Bertz CT molecular complexity index is 594. The van der Waals surface area contributed by atoms with Crippen molar-refractivity contribution in [3.8, 4) is 5.75 Å². The van der Waals surface area contributed by atoms with Gasteiger partial charge in [0.1, 0.15) is 5.75 Å². The fraction of sp³-hybridized carbons (Fsp3) is 0.579. The number of hydrogen-bond acceptors (Lipinski definition) is 3. The first kappa shape index (κ1) is 16.8. The second-order valence-corrected chi connectivity index (χ2v) is 6.80. The fourth-order valence-electron chi connectivity index (χ4n) is 3.65. The molecule has 2 amide bonds. The van der Waals surface area contributed by atoms with Gasteiger partial charge in [-0.05, 0) is 25.0 Å². The van der Waals surface area contributed by atoms with E-state index in [1.807, 2.05) is 24.3 Å². The van der Waals surface area contributed by atoms with Crippen LogP contribution in [0.15, 0.2) is 24.3 Å². The number of rotatable bonds is 4. The molecule has 0 spiro atoms. The summed E-state index contributed by atoms with van der Waals surface area (Å²) >= 11 is 0. The van der Waals surface area contributed by atoms with E-state index < -0.39 is 0 Å². The number of carbonyl (C=O) groups is 2. The Labute approximate surface area is 143 Å². The van der Waals surface area contributed by atoms with Gasteiger partial charge < -0.3 is 15.0 Å². The molecule has 0 bridgehead atoms. The Morgan fingerprint density at radius 3 is 2.67 bits per heavy atom. The highest BCUT2D eigenvalue weighted by Crippen LogP contribution is 2.28. The fourth-order valence-corrected chi connectivity index (χ4v) is 3.65. The molecule has 1 saturated heterocycles. The van der Waals surface area contributed by atoms with Crippen molar-refractivity contribution in [1.29, 1.82) is 0 Å². The Kier molecular flexibility index (Phi) is 5.38. The molecular weight excluding hydrogens is 304 g/mol. The van der Waals surface area contributed by atoms with Crippen LogP contribution in [0.3, 0.4) is 0 Å². The average molecular weight is 330 g/mol. The molecule has 5 nitrogen and oxygen atoms in total. The number of hydrogen-bond donors (Lipinski definition) is 1. The van der Waals surface area contributed by atoms with Crippen LogP contribution in [-0.4, -0.2) is 31.5 Å². The third kappa shape index (κ3) is 3.89. The van der Waals surface area contributed by atoms with E-state index in [9.17, 15) is 9.59 Å². The van der Waals surface area contributed by atoms with Gasteiger partial charge in [0.25, 0.3) is 0 Å². The van der Waals surface area contributed by atoms with Crippen LogP contribution in [0.4, 0.5) is 5.69 Å². The standard InChI is InChI=1S/C19H26N2O3/c1-24-17-10-6-9-16(12-17)21-13-14(11-18(21)22)19(23)20-15-7-4-2-3-5-8-15/h6,9-10,12,14-15H,2-5,7-8,11,13H2,1H3,(H,20,23). The molecule has 1 unspecified atom stereocenters. The van der Waals surface area contributed by atoms with Crippen LogP contribution in [-0.2, 0) is 9.59 Å². The second-order valence-electron chi connectivity index (χ2n) is 6.80. The van der Waals surface area contributed by atoms with Gasteiger partial charge in [0, 0.05) is 30.8 Å². The van der Waals surface area contributed by atoms with Crippen molar-refractivity contribution in [1.82, 2.24) is 5.32 Å². The number of methoxy groups -OCH3 is 1. The molecule has 130 valence electrons. The molecule has 1 atom stereocenters. The normalized spacial score (nSPS) is 22.3. The summed E-state index contributed by atoms with van der Waals surface area (Å²) in [4.78, 5) is 26.6. The summed E-state index contributed by atoms with van der Waals surface area (Å²) in [7, 11) is 1.61. The van der Waals surface area contributed by atoms with Gasteiger partial charge in [-0.25, -0.2) is 0 Å². The monoisotopic (exact) mass is 330 g/mol. The highest BCUT2D eigenvalue weighted by molar-refractivity contribution is 6.00. The summed E-state index contributed by atoms with van der Waals surface area (Å²) < 4.78 is 5.22. The van der Waals surface area contributed by atoms with E-state index in [-0.39, 0.29) is 30.2 Å². The van der Waals surface area contributed by atoms with Crippen molar-refractivity contribution in [2.45, 2.75) is 51.0 Å². The third-order valence-corrected chi connectivity index (χ3v) is 5.06. The Balaban J connectivity index is 1.62. The molecule has 3 rings (SSSR count). The summed E-state index contributed by atoms with van der Waals surface area (Å²) in [6, 6.07) is 7.71. The van der Waals surface area contributed by atoms with Gasteiger partial charge in [0.15, 0.2) is 0 Å². The predicted octanol–water partition coefficient (Wildman–Crippen LogP) is 2.89. The van der Waals surface area contributed by atoms with Crippen LogP contribution in [0.25, 0.3) is 0 Å². The molecule has 1 N–H and O–H groups in total. The molecule has 2 fully saturated rings. The molecular formula is C19H26N2O3. The number of ether oxygens (including phenoxy) is 1. The van der Waals surface area contributed by atoms with Crippen LogP contribution in [0, 0.1) is 5.92 Å². The van der Waals surface area contributed by atoms with Crippen LogP contribution in [0.2, 0.25) is 0 Å². The van der Waals surface area contributed by atoms with Gasteiger partial charge >= 0.3 is 0 Å². The number of nitrogens with one attached hydrogen (secondary N) is 1. The lowest BCUT2D eigenvalue weighted by molar-refractivity contribution is -0.127. The predicted molar refractivity (Wildman–Crippen MR) is 93.1 cm³/mol. The lowest BCUT2D eigenvalue weighted by Gasteiger charge is -2.20. The van der Waals surface area contributed by atoms with Crippen molar-refractivity contribution < 1.29 is 14.3 Å². The number of anilines is 1. The Hall–Kier alpha value is -2.04. The van der Waals surface area contributed by atoms with E-state index in [0.29, 0.717) is 12.3 Å². The SMILES string of the molecule is COc1cccc(N2CC(C(=O)NC3CCCCCC3)CC2=O)c1. The zero-order valence-electron chi connectivity index (χ0n) is 14.3. The second kappa shape index (κ2) is 7.69. The van der Waals surface area contributed by atoms with Crippen LogP contribution in [0.1, 0.15) is 44.9 Å². The van der Waals surface area contributed by atoms with E-state index in [4.69, 9.17) is 4.74 Å². The van der Waals surface area contributed by atoms with E-state index >= 15 is 0 Å². The minimum absolute atomic E-state index is 0.00395. The quantitative estimate of drug-likeness (QED) is 0.864. The van der Waals surface area contributed by atoms with Gasteiger partial charge in [-0.2, -0.15) is 0 Å². The van der Waals surface area contributed by atoms with Crippen LogP contribution < -0.4 is 15.0 Å². The Morgan fingerprint density at radius 1 is 1.21 bits per heavy atom. The molecule has 2 aliphatic rings. The number of benzene rings is 1. The van der Waals surface area contributed by atoms with Crippen LogP contribution in [0.5, 0.6) is 5.75 Å². The first-order valence-corrected chi connectivity index (χ1v) is 8.92. The van der Waals surface area contributed by atoms with Crippen molar-refractivity contribution in [3.05, 3.63) is 24.3 Å². The van der Waals surface area contributed by atoms with Gasteiger partial charge in [0.2, 0.25) is 11.8 Å². The van der Waals surface area contributed by atoms with Crippen LogP contribution >= 0.6 is 0 Å². The molecule has 1 aromatic carbocycles. The van der Waals surface area contributed by atoms with Crippen molar-refractivity contribution >= 4 is 17.5 Å². The number of carbonyl (C=O) groups excluding carboxylic acids is 2. The minimum Gasteiger partial charge on any atom is -0.497 e. The molecule has 24 heavy (non-hydrogen) atoms. The molecule has 1 saturated carbocycles. The van der Waals surface area contributed by atoms with Crippen molar-refractivity contribution in [2.24, 2.45) is 5.92 Å². The van der Waals surface area contributed by atoms with E-state index in [1.54, 1.807) is 12.0 Å². The highest BCUT2D eigenvalue weighted by Gasteiger charge is 2.35. The molecule has 5 heteroatoms. The highest BCUT2D eigenvalue weighted by atomic mass is 16.5. The van der Waals surface area contributed by atoms with Gasteiger partial charge in [-0.1, -0.05) is 31.7 Å². The smallest absolute Gasteiger partial charge is 0.227 e. The molecule has 1 aliphatic heterocycles. The maximum atomic E-state index is 12.6.